The summed E-state index contributed by atoms with van der Waals surface area (Å²) in [5, 5.41) is 4.28. The van der Waals surface area contributed by atoms with Crippen molar-refractivity contribution in [2.75, 3.05) is 77.4 Å². The summed E-state index contributed by atoms with van der Waals surface area (Å²) < 4.78 is 0. The average Bonchev–Trinajstić information content (AvgIpc) is 2.72. The third kappa shape index (κ3) is 5.52. The van der Waals surface area contributed by atoms with E-state index in [1.165, 1.54) is 5.69 Å². The second kappa shape index (κ2) is 9.98. The highest BCUT2D eigenvalue weighted by Gasteiger charge is 2.21. The van der Waals surface area contributed by atoms with E-state index in [4.69, 9.17) is 11.6 Å². The molecule has 0 saturated carbocycles. The monoisotopic (exact) mass is 406 g/mol. The fourth-order valence-electron chi connectivity index (χ4n) is 3.79. The highest BCUT2D eigenvalue weighted by Crippen LogP contribution is 2.20. The highest BCUT2D eigenvalue weighted by molar-refractivity contribution is 6.30. The maximum absolute atomic E-state index is 11.4. The number of nitrogens with one attached hydrogen (secondary N) is 1. The lowest BCUT2D eigenvalue weighted by Gasteiger charge is -2.38. The quantitative estimate of drug-likeness (QED) is 0.601. The van der Waals surface area contributed by atoms with E-state index < -0.39 is 0 Å². The van der Waals surface area contributed by atoms with E-state index in [2.05, 4.69) is 31.1 Å². The summed E-state index contributed by atoms with van der Waals surface area (Å²) in [7, 11) is 1.84. The Morgan fingerprint density at radius 3 is 2.36 bits per heavy atom. The van der Waals surface area contributed by atoms with Crippen LogP contribution in [0.2, 0.25) is 5.02 Å². The zero-order chi connectivity index (χ0) is 19.9. The zero-order valence-electron chi connectivity index (χ0n) is 16.9. The van der Waals surface area contributed by atoms with Gasteiger partial charge in [-0.1, -0.05) is 17.7 Å². The third-order valence-corrected chi connectivity index (χ3v) is 5.73. The summed E-state index contributed by atoms with van der Waals surface area (Å²) in [6.45, 7) is 10.8. The largest absolute Gasteiger partial charge is 0.368 e. The van der Waals surface area contributed by atoms with Crippen LogP contribution in [-0.2, 0) is 4.79 Å². The van der Waals surface area contributed by atoms with Crippen molar-refractivity contribution in [2.24, 2.45) is 4.99 Å². The first-order valence-electron chi connectivity index (χ1n) is 10.0. The predicted octanol–water partition coefficient (Wildman–Crippen LogP) is 1.20. The Labute approximate surface area is 172 Å². The minimum atomic E-state index is 0.176. The first-order valence-corrected chi connectivity index (χ1v) is 10.4. The number of anilines is 1. The minimum Gasteiger partial charge on any atom is -0.368 e. The Bertz CT molecular complexity index is 681. The van der Waals surface area contributed by atoms with E-state index in [0.717, 1.165) is 76.4 Å². The average molecular weight is 407 g/mol. The van der Waals surface area contributed by atoms with Gasteiger partial charge in [0.1, 0.15) is 0 Å². The number of amides is 1. The van der Waals surface area contributed by atoms with Crippen molar-refractivity contribution in [1.29, 1.82) is 0 Å². The Balaban J connectivity index is 1.40. The lowest BCUT2D eigenvalue weighted by Crippen LogP contribution is -2.54. The van der Waals surface area contributed by atoms with Gasteiger partial charge in [-0.05, 0) is 18.2 Å². The summed E-state index contributed by atoms with van der Waals surface area (Å²) in [5.41, 5.74) is 1.18. The van der Waals surface area contributed by atoms with Gasteiger partial charge in [0.2, 0.25) is 5.91 Å². The first kappa shape index (κ1) is 20.7. The molecular weight excluding hydrogens is 376 g/mol. The molecule has 0 radical (unpaired) electrons. The molecule has 7 nitrogen and oxygen atoms in total. The number of hydrogen-bond acceptors (Lipinski definition) is 4. The number of carbonyl (C=O) groups excluding carboxylic acids is 1. The topological polar surface area (TPSA) is 54.4 Å². The first-order chi connectivity index (χ1) is 13.6. The fourth-order valence-corrected chi connectivity index (χ4v) is 3.98. The number of halogens is 1. The molecule has 2 aliphatic rings. The molecule has 2 saturated heterocycles. The van der Waals surface area contributed by atoms with Crippen LogP contribution in [0.3, 0.4) is 0 Å². The zero-order valence-corrected chi connectivity index (χ0v) is 17.7. The SMILES string of the molecule is CN=C(NCCN1CCN(C(C)=O)CC1)N1CCN(c2cccc(Cl)c2)CC1. The number of aliphatic imine (C=N–C) groups is 1. The van der Waals surface area contributed by atoms with Gasteiger partial charge in [-0.3, -0.25) is 14.7 Å². The highest BCUT2D eigenvalue weighted by atomic mass is 35.5. The summed E-state index contributed by atoms with van der Waals surface area (Å²) in [4.78, 5) is 24.9. The van der Waals surface area contributed by atoms with Crippen molar-refractivity contribution in [3.05, 3.63) is 29.3 Å². The molecule has 2 fully saturated rings. The molecule has 1 N–H and O–H groups in total. The molecule has 0 atom stereocenters. The molecule has 1 aromatic carbocycles. The molecule has 28 heavy (non-hydrogen) atoms. The molecule has 2 aliphatic heterocycles. The van der Waals surface area contributed by atoms with E-state index >= 15 is 0 Å². The summed E-state index contributed by atoms with van der Waals surface area (Å²) in [5.74, 6) is 1.14. The van der Waals surface area contributed by atoms with Gasteiger partial charge in [0.05, 0.1) is 0 Å². The van der Waals surface area contributed by atoms with E-state index in [9.17, 15) is 4.79 Å². The van der Waals surface area contributed by atoms with Crippen molar-refractivity contribution in [3.8, 4) is 0 Å². The number of hydrogen-bond donors (Lipinski definition) is 1. The van der Waals surface area contributed by atoms with Crippen molar-refractivity contribution in [1.82, 2.24) is 20.0 Å². The van der Waals surface area contributed by atoms with Crippen LogP contribution in [0.1, 0.15) is 6.92 Å². The third-order valence-electron chi connectivity index (χ3n) is 5.49. The van der Waals surface area contributed by atoms with Crippen LogP contribution in [-0.4, -0.2) is 99.1 Å². The standard InChI is InChI=1S/C20H31ClN6O/c1-17(28)25-10-8-24(9-11-25)7-6-23-20(22-2)27-14-12-26(13-15-27)19-5-3-4-18(21)16-19/h3-5,16H,6-15H2,1-2H3,(H,22,23). The fraction of sp³-hybridized carbons (Fsp3) is 0.600. The van der Waals surface area contributed by atoms with Gasteiger partial charge < -0.3 is 20.0 Å². The number of nitrogens with zero attached hydrogens (tertiary/aromatic N) is 5. The molecule has 0 aliphatic carbocycles. The molecule has 2 heterocycles. The van der Waals surface area contributed by atoms with Crippen LogP contribution < -0.4 is 10.2 Å². The summed E-state index contributed by atoms with van der Waals surface area (Å²) in [6.07, 6.45) is 0. The lowest BCUT2D eigenvalue weighted by molar-refractivity contribution is -0.130. The number of piperazine rings is 2. The number of rotatable bonds is 4. The Hall–Kier alpha value is -1.99. The van der Waals surface area contributed by atoms with Crippen LogP contribution in [0.15, 0.2) is 29.3 Å². The van der Waals surface area contributed by atoms with Crippen molar-refractivity contribution >= 4 is 29.2 Å². The molecule has 154 valence electrons. The van der Waals surface area contributed by atoms with Crippen LogP contribution in [0, 0.1) is 0 Å². The van der Waals surface area contributed by atoms with E-state index in [-0.39, 0.29) is 5.91 Å². The van der Waals surface area contributed by atoms with Crippen LogP contribution in [0.25, 0.3) is 0 Å². The predicted molar refractivity (Wildman–Crippen MR) is 115 cm³/mol. The van der Waals surface area contributed by atoms with Gasteiger partial charge >= 0.3 is 0 Å². The Morgan fingerprint density at radius 2 is 1.75 bits per heavy atom. The summed E-state index contributed by atoms with van der Waals surface area (Å²) in [6, 6.07) is 8.05. The molecule has 3 rings (SSSR count). The molecule has 0 spiro atoms. The maximum atomic E-state index is 11.4. The van der Waals surface area contributed by atoms with Gasteiger partial charge in [-0.15, -0.1) is 0 Å². The van der Waals surface area contributed by atoms with Crippen molar-refractivity contribution in [2.45, 2.75) is 6.92 Å². The van der Waals surface area contributed by atoms with Gasteiger partial charge in [0.15, 0.2) is 5.96 Å². The molecule has 0 aromatic heterocycles. The Morgan fingerprint density at radius 1 is 1.07 bits per heavy atom. The van der Waals surface area contributed by atoms with Crippen LogP contribution >= 0.6 is 11.6 Å². The van der Waals surface area contributed by atoms with Gasteiger partial charge in [-0.25, -0.2) is 0 Å². The van der Waals surface area contributed by atoms with Crippen LogP contribution in [0.5, 0.6) is 0 Å². The van der Waals surface area contributed by atoms with Crippen molar-refractivity contribution in [3.63, 3.8) is 0 Å². The smallest absolute Gasteiger partial charge is 0.219 e. The lowest BCUT2D eigenvalue weighted by atomic mass is 10.2. The van der Waals surface area contributed by atoms with Crippen molar-refractivity contribution < 1.29 is 4.79 Å². The second-order valence-electron chi connectivity index (χ2n) is 7.28. The van der Waals surface area contributed by atoms with Gasteiger partial charge in [0.25, 0.3) is 0 Å². The van der Waals surface area contributed by atoms with Crippen LogP contribution in [0.4, 0.5) is 5.69 Å². The number of guanidine groups is 1. The van der Waals surface area contributed by atoms with E-state index in [1.807, 2.05) is 30.1 Å². The molecule has 1 aromatic rings. The Kier molecular flexibility index (Phi) is 7.39. The molecule has 8 heteroatoms. The maximum Gasteiger partial charge on any atom is 0.219 e. The molecular formula is C20H31ClN6O. The second-order valence-corrected chi connectivity index (χ2v) is 7.71. The summed E-state index contributed by atoms with van der Waals surface area (Å²) >= 11 is 6.12. The van der Waals surface area contributed by atoms with Gasteiger partial charge in [0, 0.05) is 90.1 Å². The van der Waals surface area contributed by atoms with E-state index in [1.54, 1.807) is 6.92 Å². The number of carbonyl (C=O) groups is 1. The number of benzene rings is 1. The molecule has 0 unspecified atom stereocenters. The normalized spacial score (nSPS) is 19.1. The minimum absolute atomic E-state index is 0.176. The van der Waals surface area contributed by atoms with Gasteiger partial charge in [-0.2, -0.15) is 0 Å². The van der Waals surface area contributed by atoms with E-state index in [0.29, 0.717) is 0 Å². The molecule has 1 amide bonds. The molecule has 0 bridgehead atoms.